The van der Waals surface area contributed by atoms with Gasteiger partial charge in [-0.3, -0.25) is 0 Å². The molecule has 0 aliphatic heterocycles. The van der Waals surface area contributed by atoms with Crippen molar-refractivity contribution in [2.24, 2.45) is 0 Å². The standard InChI is InChI=1S/C42H49Si.Ti/c1-4-7-14-34-21-27-39(28-22-34)43(40-29-23-35(24-30-40)15-8-5-2,41-31-25-36(26-32-41)16-9-6-3)42-20-13-19-38(42)33-37-17-11-10-12-18-37;/h10-13,17-32H,4-9,14-16,33H2,1-3H3;/q-1;. The third-order valence-corrected chi connectivity index (χ3v) is 14.1. The maximum Gasteiger partial charge on any atom is 0.122 e. The van der Waals surface area contributed by atoms with Crippen LogP contribution in [-0.4, -0.2) is 8.07 Å². The Kier molecular flexibility index (Phi) is 13.2. The molecule has 0 aliphatic carbocycles. The number of hydrogen-bond acceptors (Lipinski definition) is 0. The zero-order valence-corrected chi connectivity index (χ0v) is 29.7. The van der Waals surface area contributed by atoms with Crippen LogP contribution in [0.25, 0.3) is 0 Å². The summed E-state index contributed by atoms with van der Waals surface area (Å²) in [5.74, 6) is 0. The van der Waals surface area contributed by atoms with Gasteiger partial charge < -0.3 is 0 Å². The van der Waals surface area contributed by atoms with E-state index in [0.29, 0.717) is 0 Å². The molecule has 0 heterocycles. The summed E-state index contributed by atoms with van der Waals surface area (Å²) < 4.78 is 0. The fraction of sp³-hybridized carbons (Fsp3) is 0.310. The van der Waals surface area contributed by atoms with Crippen LogP contribution in [0, 0.1) is 0 Å². The van der Waals surface area contributed by atoms with Crippen LogP contribution in [0.2, 0.25) is 0 Å². The van der Waals surface area contributed by atoms with Crippen molar-refractivity contribution >= 4 is 28.8 Å². The van der Waals surface area contributed by atoms with Gasteiger partial charge in [-0.2, -0.15) is 11.6 Å². The summed E-state index contributed by atoms with van der Waals surface area (Å²) in [6.45, 7) is 6.85. The van der Waals surface area contributed by atoms with Crippen molar-refractivity contribution in [3.8, 4) is 0 Å². The van der Waals surface area contributed by atoms with E-state index in [1.165, 1.54) is 87.1 Å². The van der Waals surface area contributed by atoms with E-state index in [-0.39, 0.29) is 21.7 Å². The van der Waals surface area contributed by atoms with Gasteiger partial charge in [0.25, 0.3) is 0 Å². The third kappa shape index (κ3) is 7.86. The fourth-order valence-corrected chi connectivity index (χ4v) is 11.6. The predicted octanol–water partition coefficient (Wildman–Crippen LogP) is 8.40. The van der Waals surface area contributed by atoms with Crippen molar-refractivity contribution in [3.63, 3.8) is 0 Å². The normalized spacial score (nSPS) is 11.3. The van der Waals surface area contributed by atoms with Gasteiger partial charge in [0.1, 0.15) is 8.07 Å². The summed E-state index contributed by atoms with van der Waals surface area (Å²) in [5.41, 5.74) is 7.18. The molecule has 0 aliphatic rings. The molecule has 0 aromatic heterocycles. The molecule has 5 aromatic carbocycles. The second-order valence-electron chi connectivity index (χ2n) is 12.3. The van der Waals surface area contributed by atoms with Crippen LogP contribution in [-0.2, 0) is 47.4 Å². The molecule has 2 heteroatoms. The second kappa shape index (κ2) is 17.0. The fourth-order valence-electron chi connectivity index (χ4n) is 6.67. The molecule has 0 atom stereocenters. The SMILES string of the molecule is CCCCc1ccc([Si](c2ccc(CCCC)cc2)(c2ccc(CCCC)cc2)[c-]2cccc2Cc2ccccc2)cc1.[Ti]. The number of aryl methyl sites for hydroxylation is 3. The van der Waals surface area contributed by atoms with E-state index in [1.807, 2.05) is 0 Å². The first kappa shape index (κ1) is 34.0. The largest absolute Gasteiger partial charge is 0.213 e. The molecule has 0 unspecified atom stereocenters. The molecule has 0 spiro atoms. The average Bonchev–Trinajstić information content (AvgIpc) is 3.52. The summed E-state index contributed by atoms with van der Waals surface area (Å²) in [4.78, 5) is 0. The molecule has 0 saturated carbocycles. The summed E-state index contributed by atoms with van der Waals surface area (Å²) >= 11 is 0. The van der Waals surface area contributed by atoms with Crippen molar-refractivity contribution in [2.75, 3.05) is 0 Å². The van der Waals surface area contributed by atoms with Crippen LogP contribution in [0.5, 0.6) is 0 Å². The van der Waals surface area contributed by atoms with Crippen LogP contribution in [0.4, 0.5) is 0 Å². The average molecular weight is 630 g/mol. The Bertz CT molecular complexity index is 1390. The van der Waals surface area contributed by atoms with Crippen molar-refractivity contribution in [3.05, 3.63) is 149 Å². The number of rotatable bonds is 15. The second-order valence-corrected chi connectivity index (χ2v) is 16.0. The molecule has 5 aromatic rings. The smallest absolute Gasteiger partial charge is 0.122 e. The topological polar surface area (TPSA) is 0 Å². The Morgan fingerprint density at radius 3 is 1.25 bits per heavy atom. The van der Waals surface area contributed by atoms with Crippen LogP contribution in [0.15, 0.2) is 121 Å². The van der Waals surface area contributed by atoms with E-state index in [4.69, 9.17) is 0 Å². The van der Waals surface area contributed by atoms with Gasteiger partial charge in [0.2, 0.25) is 0 Å². The van der Waals surface area contributed by atoms with E-state index in [1.54, 1.807) is 0 Å². The van der Waals surface area contributed by atoms with Crippen LogP contribution >= 0.6 is 0 Å². The van der Waals surface area contributed by atoms with E-state index >= 15 is 0 Å². The quantitative estimate of drug-likeness (QED) is 0.0620. The number of hydrogen-bond donors (Lipinski definition) is 0. The number of benzene rings is 4. The molecule has 5 rings (SSSR count). The van der Waals surface area contributed by atoms with Crippen molar-refractivity contribution in [1.29, 1.82) is 0 Å². The minimum absolute atomic E-state index is 0. The molecule has 0 saturated heterocycles. The van der Waals surface area contributed by atoms with Crippen molar-refractivity contribution < 1.29 is 21.7 Å². The molecule has 0 fully saturated rings. The van der Waals surface area contributed by atoms with E-state index in [2.05, 4.69) is 142 Å². The number of unbranched alkanes of at least 4 members (excludes halogenated alkanes) is 3. The van der Waals surface area contributed by atoms with Gasteiger partial charge in [0, 0.05) is 21.7 Å². The molecular formula is C42H49SiTi-. The molecule has 0 N–H and O–H groups in total. The van der Waals surface area contributed by atoms with Crippen LogP contribution < -0.4 is 20.7 Å². The van der Waals surface area contributed by atoms with Crippen LogP contribution in [0.3, 0.4) is 0 Å². The maximum absolute atomic E-state index is 2.61. The van der Waals surface area contributed by atoms with E-state index in [0.717, 1.165) is 25.7 Å². The first-order valence-electron chi connectivity index (χ1n) is 16.8. The van der Waals surface area contributed by atoms with E-state index in [9.17, 15) is 0 Å². The molecule has 226 valence electrons. The van der Waals surface area contributed by atoms with Crippen molar-refractivity contribution in [2.45, 2.75) is 85.0 Å². The zero-order valence-electron chi connectivity index (χ0n) is 27.1. The van der Waals surface area contributed by atoms with Gasteiger partial charge >= 0.3 is 0 Å². The minimum Gasteiger partial charge on any atom is -0.213 e. The Morgan fingerprint density at radius 2 is 0.864 bits per heavy atom. The molecule has 0 nitrogen and oxygen atoms in total. The third-order valence-electron chi connectivity index (χ3n) is 9.17. The first-order chi connectivity index (χ1) is 21.2. The molecule has 0 radical (unpaired) electrons. The summed E-state index contributed by atoms with van der Waals surface area (Å²) in [5, 5.41) is 5.97. The molecule has 44 heavy (non-hydrogen) atoms. The maximum atomic E-state index is 2.48. The Hall–Kier alpha value is -2.84. The monoisotopic (exact) mass is 629 g/mol. The summed E-state index contributed by atoms with van der Waals surface area (Å²) in [6, 6.07) is 47.5. The van der Waals surface area contributed by atoms with Gasteiger partial charge in [-0.25, -0.2) is 12.1 Å². The van der Waals surface area contributed by atoms with Gasteiger partial charge in [-0.1, -0.05) is 159 Å². The predicted molar refractivity (Wildman–Crippen MR) is 191 cm³/mol. The first-order valence-corrected chi connectivity index (χ1v) is 18.8. The zero-order chi connectivity index (χ0) is 29.9. The van der Waals surface area contributed by atoms with Crippen molar-refractivity contribution in [1.82, 2.24) is 0 Å². The molecule has 0 bridgehead atoms. The Balaban J connectivity index is 0.00000442. The minimum atomic E-state index is -2.61. The van der Waals surface area contributed by atoms with E-state index < -0.39 is 8.07 Å². The Labute approximate surface area is 283 Å². The van der Waals surface area contributed by atoms with Gasteiger partial charge in [-0.15, -0.1) is 5.19 Å². The summed E-state index contributed by atoms with van der Waals surface area (Å²) in [6.07, 6.45) is 11.8. The Morgan fingerprint density at radius 1 is 0.455 bits per heavy atom. The van der Waals surface area contributed by atoms with Gasteiger partial charge in [0.05, 0.1) is 0 Å². The van der Waals surface area contributed by atoms with Gasteiger partial charge in [0.15, 0.2) is 0 Å². The summed E-state index contributed by atoms with van der Waals surface area (Å²) in [7, 11) is -2.61. The van der Waals surface area contributed by atoms with Crippen LogP contribution in [0.1, 0.15) is 87.1 Å². The molecule has 0 amide bonds. The van der Waals surface area contributed by atoms with Gasteiger partial charge in [-0.05, 0) is 67.2 Å². The molecular weight excluding hydrogens is 580 g/mol.